The molecule has 0 aliphatic carbocycles. The summed E-state index contributed by atoms with van der Waals surface area (Å²) in [5, 5.41) is 14.9. The third kappa shape index (κ3) is 11.3. The smallest absolute Gasteiger partial charge is 0.247 e. The monoisotopic (exact) mass is 906 g/mol. The van der Waals surface area contributed by atoms with Crippen LogP contribution in [-0.2, 0) is 52.8 Å². The van der Waals surface area contributed by atoms with Crippen molar-refractivity contribution < 1.29 is 33.6 Å². The van der Waals surface area contributed by atoms with E-state index in [1.54, 1.807) is 36.5 Å². The maximum Gasteiger partial charge on any atom is 0.247 e. The van der Waals surface area contributed by atoms with Gasteiger partial charge in [0.2, 0.25) is 41.4 Å². The number of aromatic nitrogens is 3. The number of nitrogens with zero attached hydrogens (tertiary/aromatic N) is 4. The topological polar surface area (TPSA) is 321 Å². The van der Waals surface area contributed by atoms with Gasteiger partial charge >= 0.3 is 0 Å². The number of carbonyl (C=O) groups excluding carboxylic acids is 7. The van der Waals surface area contributed by atoms with E-state index >= 15 is 0 Å². The highest BCUT2D eigenvalue weighted by molar-refractivity contribution is 5.99. The summed E-state index contributed by atoms with van der Waals surface area (Å²) in [5.41, 5.74) is 20.0. The number of aromatic amines is 2. The highest BCUT2D eigenvalue weighted by Gasteiger charge is 2.44. The normalized spacial score (nSPS) is 24.9. The summed E-state index contributed by atoms with van der Waals surface area (Å²) in [6.45, 7) is 0.236. The Morgan fingerprint density at radius 1 is 0.652 bits per heavy atom. The molecule has 0 saturated carbocycles. The van der Waals surface area contributed by atoms with E-state index < -0.39 is 83.6 Å². The number of hydrogen-bond acceptors (Lipinski definition) is 10. The zero-order chi connectivity index (χ0) is 46.7. The second-order valence-electron chi connectivity index (χ2n) is 16.9. The lowest BCUT2D eigenvalue weighted by Crippen LogP contribution is -2.61. The first-order valence-corrected chi connectivity index (χ1v) is 22.3. The number of para-hydroxylation sites is 1. The van der Waals surface area contributed by atoms with Crippen LogP contribution in [0, 0.1) is 0 Å². The van der Waals surface area contributed by atoms with Crippen molar-refractivity contribution in [1.82, 2.24) is 51.3 Å². The third-order valence-electron chi connectivity index (χ3n) is 12.3. The molecule has 7 amide bonds. The zero-order valence-corrected chi connectivity index (χ0v) is 36.5. The number of guanidine groups is 1. The predicted octanol–water partition coefficient (Wildman–Crippen LogP) is -1.65. The number of benzene rings is 2. The van der Waals surface area contributed by atoms with Crippen molar-refractivity contribution >= 4 is 58.2 Å². The lowest BCUT2D eigenvalue weighted by Gasteiger charge is -2.33. The Morgan fingerprint density at radius 3 is 1.92 bits per heavy atom. The molecule has 2 aromatic carbocycles. The minimum atomic E-state index is -1.30. The highest BCUT2D eigenvalue weighted by Crippen LogP contribution is 2.26. The van der Waals surface area contributed by atoms with Crippen LogP contribution in [-0.4, -0.2) is 141 Å². The van der Waals surface area contributed by atoms with E-state index in [1.165, 1.54) is 22.3 Å². The maximum absolute atomic E-state index is 14.6. The van der Waals surface area contributed by atoms with E-state index in [-0.39, 0.29) is 64.2 Å². The Hall–Kier alpha value is -7.29. The molecular weight excluding hydrogens is 849 g/mol. The number of nitrogens with one attached hydrogen (secondary N) is 7. The van der Waals surface area contributed by atoms with Crippen molar-refractivity contribution in [3.63, 3.8) is 0 Å². The number of nitrogens with two attached hydrogens (primary N) is 3. The fourth-order valence-electron chi connectivity index (χ4n) is 8.95. The number of rotatable bonds is 11. The molecule has 4 aromatic rings. The molecule has 3 fully saturated rings. The Bertz CT molecular complexity index is 2400. The van der Waals surface area contributed by atoms with Crippen LogP contribution in [0.4, 0.5) is 0 Å². The second-order valence-corrected chi connectivity index (χ2v) is 16.9. The SMILES string of the molecule is NC[C@@H]1NC(=O)[C@H](Cc2c[nH]c3ccccc23)NC(=O)[C@H](CCCN=C(N)N)NC(=O)[C@@H](Cc2ccccc2)NC(=O)[C@H](Cc2cnc[nH]2)NC(=O)[C@@H]2CCCN2C(=O)[C@H]2CCCN2C1=O. The van der Waals surface area contributed by atoms with Crippen LogP contribution in [0.1, 0.15) is 55.3 Å². The van der Waals surface area contributed by atoms with Crippen LogP contribution in [0.25, 0.3) is 10.9 Å². The number of hydrogen-bond donors (Lipinski definition) is 10. The standard InChI is InChI=1S/C45H58N14O7/c46-22-35-43(65)59-18-8-15-37(59)44(66)58-17-7-14-36(58)42(64)56-34(21-28-24-49-25-52-28)41(63)54-32(19-26-9-2-1-3-10-26)39(61)53-31(13-6-16-50-45(47)48)38(60)55-33(40(62)57-35)20-27-23-51-30-12-5-4-11-29(27)30/h1-5,9-12,23-25,31-37,51H,6-8,13-22,46H2,(H,49,52)(H,53,61)(H,54,63)(H,55,60)(H,56,64)(H,57,62)(H4,47,48,50)/t31-,32+,33-,34-,35-,36-,37+/m0/s1. The molecule has 350 valence electrons. The lowest BCUT2D eigenvalue weighted by molar-refractivity contribution is -0.148. The first kappa shape index (κ1) is 46.7. The summed E-state index contributed by atoms with van der Waals surface area (Å²) in [6.07, 6.45) is 6.43. The molecule has 21 nitrogen and oxygen atoms in total. The van der Waals surface area contributed by atoms with Gasteiger partial charge in [-0.2, -0.15) is 0 Å². The molecular formula is C45H58N14O7. The molecule has 5 heterocycles. The first-order valence-electron chi connectivity index (χ1n) is 22.3. The molecule has 66 heavy (non-hydrogen) atoms. The molecule has 13 N–H and O–H groups in total. The van der Waals surface area contributed by atoms with Crippen LogP contribution in [0.3, 0.4) is 0 Å². The average molecular weight is 907 g/mol. The Labute approximate surface area is 380 Å². The van der Waals surface area contributed by atoms with Gasteiger partial charge in [0.25, 0.3) is 0 Å². The second kappa shape index (κ2) is 21.6. The van der Waals surface area contributed by atoms with Crippen molar-refractivity contribution in [1.29, 1.82) is 0 Å². The Kier molecular flexibility index (Phi) is 15.3. The van der Waals surface area contributed by atoms with Gasteiger partial charge in [-0.05, 0) is 55.7 Å². The summed E-state index contributed by atoms with van der Waals surface area (Å²) >= 11 is 0. The Morgan fingerprint density at radius 2 is 1.24 bits per heavy atom. The van der Waals surface area contributed by atoms with Gasteiger partial charge in [0.05, 0.1) is 6.33 Å². The van der Waals surface area contributed by atoms with Gasteiger partial charge < -0.3 is 63.6 Å². The Balaban J connectivity index is 1.27. The van der Waals surface area contributed by atoms with Crippen LogP contribution < -0.4 is 43.8 Å². The summed E-state index contributed by atoms with van der Waals surface area (Å²) in [7, 11) is 0. The quantitative estimate of drug-likeness (QED) is 0.0462. The lowest BCUT2D eigenvalue weighted by atomic mass is 10.0. The molecule has 0 bridgehead atoms. The van der Waals surface area contributed by atoms with Crippen molar-refractivity contribution in [3.05, 3.63) is 90.1 Å². The third-order valence-corrected chi connectivity index (χ3v) is 12.3. The van der Waals surface area contributed by atoms with E-state index in [0.717, 1.165) is 10.9 Å². The van der Waals surface area contributed by atoms with E-state index in [4.69, 9.17) is 17.2 Å². The molecule has 3 aliphatic heterocycles. The number of amides is 7. The molecule has 0 unspecified atom stereocenters. The number of fused-ring (bicyclic) bond motifs is 3. The predicted molar refractivity (Wildman–Crippen MR) is 243 cm³/mol. The molecule has 7 rings (SSSR count). The van der Waals surface area contributed by atoms with E-state index in [2.05, 4.69) is 46.5 Å². The van der Waals surface area contributed by atoms with Gasteiger partial charge in [0, 0.05) is 74.4 Å². The zero-order valence-electron chi connectivity index (χ0n) is 36.5. The number of imidazole rings is 1. The fourth-order valence-corrected chi connectivity index (χ4v) is 8.95. The van der Waals surface area contributed by atoms with E-state index in [9.17, 15) is 33.6 Å². The molecule has 3 aliphatic rings. The maximum atomic E-state index is 14.6. The van der Waals surface area contributed by atoms with Crippen molar-refractivity contribution in [2.45, 2.75) is 100 Å². The van der Waals surface area contributed by atoms with Gasteiger partial charge in [0.15, 0.2) is 5.96 Å². The largest absolute Gasteiger partial charge is 0.370 e. The first-order chi connectivity index (χ1) is 31.9. The van der Waals surface area contributed by atoms with Gasteiger partial charge in [0.1, 0.15) is 42.3 Å². The van der Waals surface area contributed by atoms with E-state index in [1.807, 2.05) is 24.3 Å². The summed E-state index contributed by atoms with van der Waals surface area (Å²) in [4.78, 5) is 118. The van der Waals surface area contributed by atoms with Gasteiger partial charge in [-0.15, -0.1) is 0 Å². The summed E-state index contributed by atoms with van der Waals surface area (Å²) in [5.74, 6) is -4.68. The number of H-pyrrole nitrogens is 2. The summed E-state index contributed by atoms with van der Waals surface area (Å²) < 4.78 is 0. The molecule has 3 saturated heterocycles. The molecule has 0 radical (unpaired) electrons. The minimum absolute atomic E-state index is 0.00559. The minimum Gasteiger partial charge on any atom is -0.370 e. The molecule has 0 spiro atoms. The van der Waals surface area contributed by atoms with Crippen molar-refractivity contribution in [2.24, 2.45) is 22.2 Å². The molecule has 21 heteroatoms. The van der Waals surface area contributed by atoms with Crippen LogP contribution >= 0.6 is 0 Å². The van der Waals surface area contributed by atoms with Crippen LogP contribution in [0.5, 0.6) is 0 Å². The molecule has 2 aromatic heterocycles. The van der Waals surface area contributed by atoms with Crippen LogP contribution in [0.2, 0.25) is 0 Å². The van der Waals surface area contributed by atoms with Crippen LogP contribution in [0.15, 0.2) is 78.3 Å². The van der Waals surface area contributed by atoms with Gasteiger partial charge in [-0.1, -0.05) is 48.5 Å². The summed E-state index contributed by atoms with van der Waals surface area (Å²) in [6, 6.07) is 8.09. The number of aliphatic imine (C=N–C) groups is 1. The fraction of sp³-hybridized carbons (Fsp3) is 0.444. The number of carbonyl (C=O) groups is 7. The molecule has 7 atom stereocenters. The van der Waals surface area contributed by atoms with E-state index in [0.29, 0.717) is 42.5 Å². The van der Waals surface area contributed by atoms with Gasteiger partial charge in [-0.3, -0.25) is 38.6 Å². The average Bonchev–Trinajstić information content (AvgIpc) is 4.16. The highest BCUT2D eigenvalue weighted by atomic mass is 16.2. The van der Waals surface area contributed by atoms with Crippen molar-refractivity contribution in [2.75, 3.05) is 26.2 Å². The van der Waals surface area contributed by atoms with Gasteiger partial charge in [-0.25, -0.2) is 4.98 Å². The van der Waals surface area contributed by atoms with Crippen molar-refractivity contribution in [3.8, 4) is 0 Å².